The van der Waals surface area contributed by atoms with E-state index in [2.05, 4.69) is 12.1 Å². The number of aliphatic carboxylic acids is 1. The van der Waals surface area contributed by atoms with E-state index in [0.717, 1.165) is 19.3 Å². The van der Waals surface area contributed by atoms with Gasteiger partial charge in [-0.3, -0.25) is 9.59 Å². The highest BCUT2D eigenvalue weighted by atomic mass is 32.2. The lowest BCUT2D eigenvalue weighted by Gasteiger charge is -2.26. The number of aliphatic hydroxyl groups is 1. The Balaban J connectivity index is 1.74. The second-order valence-electron chi connectivity index (χ2n) is 8.67. The van der Waals surface area contributed by atoms with Crippen molar-refractivity contribution < 1.29 is 28.6 Å². The summed E-state index contributed by atoms with van der Waals surface area (Å²) >= 11 is 1.47. The molecule has 1 heterocycles. The molecule has 8 heteroatoms. The second kappa shape index (κ2) is 13.1. The van der Waals surface area contributed by atoms with Crippen LogP contribution < -0.4 is 0 Å². The van der Waals surface area contributed by atoms with Gasteiger partial charge in [0.1, 0.15) is 0 Å². The first kappa shape index (κ1) is 26.6. The topological polar surface area (TPSA) is 77.8 Å². The van der Waals surface area contributed by atoms with Gasteiger partial charge in [0.2, 0.25) is 0 Å². The maximum Gasteiger partial charge on any atom is 0.326 e. The standard InChI is InChI=1S/C24H35F2NO4S/c1-18(7-5-10-19-8-3-2-4-9-19)21(28)13-12-20-17-24(25,26)23(31)27(20)14-16-32-15-6-11-22(29)30/h2-4,8-9,18,20-21,28H,5-7,10-17H2,1H3,(H,29,30)/t18-,20-,21+/m0/s1. The monoisotopic (exact) mass is 471 g/mol. The molecular formula is C24H35F2NO4S. The Kier molecular flexibility index (Phi) is 10.9. The van der Waals surface area contributed by atoms with E-state index in [0.29, 0.717) is 30.8 Å². The number of carboxylic acids is 1. The van der Waals surface area contributed by atoms with Crippen molar-refractivity contribution in [2.75, 3.05) is 18.1 Å². The summed E-state index contributed by atoms with van der Waals surface area (Å²) in [6, 6.07) is 9.59. The smallest absolute Gasteiger partial charge is 0.326 e. The predicted octanol–water partition coefficient (Wildman–Crippen LogP) is 4.62. The molecule has 1 saturated heterocycles. The molecule has 1 aliphatic heterocycles. The number of alkyl halides is 2. The van der Waals surface area contributed by atoms with Gasteiger partial charge in [0, 0.05) is 31.2 Å². The van der Waals surface area contributed by atoms with Crippen LogP contribution in [0.4, 0.5) is 8.78 Å². The molecule has 0 aliphatic carbocycles. The molecular weight excluding hydrogens is 436 g/mol. The molecule has 2 N–H and O–H groups in total. The third-order valence-corrected chi connectivity index (χ3v) is 7.13. The minimum absolute atomic E-state index is 0.0644. The number of carbonyl (C=O) groups is 2. The number of thioether (sulfide) groups is 1. The zero-order valence-electron chi connectivity index (χ0n) is 18.7. The van der Waals surface area contributed by atoms with Gasteiger partial charge >= 0.3 is 11.9 Å². The van der Waals surface area contributed by atoms with Crippen molar-refractivity contribution in [1.29, 1.82) is 0 Å². The number of halogens is 2. The average Bonchev–Trinajstić information content (AvgIpc) is 2.97. The van der Waals surface area contributed by atoms with Gasteiger partial charge in [-0.05, 0) is 55.8 Å². The van der Waals surface area contributed by atoms with Gasteiger partial charge in [0.15, 0.2) is 0 Å². The van der Waals surface area contributed by atoms with Crippen molar-refractivity contribution in [3.8, 4) is 0 Å². The van der Waals surface area contributed by atoms with Crippen LogP contribution in [0.15, 0.2) is 30.3 Å². The first-order valence-corrected chi connectivity index (χ1v) is 12.6. The van der Waals surface area contributed by atoms with E-state index in [9.17, 15) is 23.5 Å². The minimum atomic E-state index is -3.34. The summed E-state index contributed by atoms with van der Waals surface area (Å²) in [5.41, 5.74) is 1.26. The average molecular weight is 472 g/mol. The molecule has 1 aromatic rings. The van der Waals surface area contributed by atoms with Crippen LogP contribution in [0.1, 0.15) is 57.4 Å². The lowest BCUT2D eigenvalue weighted by atomic mass is 9.92. The van der Waals surface area contributed by atoms with Crippen molar-refractivity contribution in [2.45, 2.75) is 76.4 Å². The Morgan fingerprint density at radius 2 is 1.94 bits per heavy atom. The molecule has 0 unspecified atom stereocenters. The number of rotatable bonds is 15. The van der Waals surface area contributed by atoms with Crippen LogP contribution >= 0.6 is 11.8 Å². The Morgan fingerprint density at radius 1 is 1.22 bits per heavy atom. The molecule has 1 aliphatic rings. The third kappa shape index (κ3) is 8.70. The van der Waals surface area contributed by atoms with Crippen LogP contribution in [0.3, 0.4) is 0 Å². The molecule has 2 rings (SSSR count). The first-order valence-electron chi connectivity index (χ1n) is 11.4. The molecule has 0 radical (unpaired) electrons. The maximum absolute atomic E-state index is 14.0. The highest BCUT2D eigenvalue weighted by molar-refractivity contribution is 7.99. The van der Waals surface area contributed by atoms with Crippen LogP contribution in [-0.4, -0.2) is 63.1 Å². The van der Waals surface area contributed by atoms with E-state index >= 15 is 0 Å². The van der Waals surface area contributed by atoms with Gasteiger partial charge in [0.25, 0.3) is 5.91 Å². The second-order valence-corrected chi connectivity index (χ2v) is 9.90. The maximum atomic E-state index is 14.0. The Hall–Kier alpha value is -1.67. The number of likely N-dealkylation sites (tertiary alicyclic amines) is 1. The quantitative estimate of drug-likeness (QED) is 0.365. The number of aliphatic hydroxyl groups excluding tert-OH is 1. The fourth-order valence-electron chi connectivity index (χ4n) is 4.11. The fraction of sp³-hybridized carbons (Fsp3) is 0.667. The molecule has 0 saturated carbocycles. The van der Waals surface area contributed by atoms with E-state index in [1.165, 1.54) is 22.2 Å². The first-order chi connectivity index (χ1) is 15.2. The molecule has 1 amide bonds. The highest BCUT2D eigenvalue weighted by Gasteiger charge is 2.52. The van der Waals surface area contributed by atoms with E-state index in [-0.39, 0.29) is 18.9 Å². The summed E-state index contributed by atoms with van der Waals surface area (Å²) in [6.45, 7) is 2.20. The molecule has 0 bridgehead atoms. The van der Waals surface area contributed by atoms with Gasteiger partial charge in [-0.15, -0.1) is 0 Å². The van der Waals surface area contributed by atoms with Crippen molar-refractivity contribution >= 4 is 23.6 Å². The van der Waals surface area contributed by atoms with Gasteiger partial charge in [-0.2, -0.15) is 20.5 Å². The largest absolute Gasteiger partial charge is 0.481 e. The number of carboxylic acid groups (broad SMARTS) is 1. The fourth-order valence-corrected chi connectivity index (χ4v) is 4.99. The molecule has 0 spiro atoms. The van der Waals surface area contributed by atoms with Gasteiger partial charge in [0.05, 0.1) is 6.10 Å². The summed E-state index contributed by atoms with van der Waals surface area (Å²) in [6.07, 6.45) is 3.02. The number of hydrogen-bond acceptors (Lipinski definition) is 4. The van der Waals surface area contributed by atoms with E-state index < -0.39 is 36.4 Å². The zero-order valence-corrected chi connectivity index (χ0v) is 19.5. The van der Waals surface area contributed by atoms with Crippen LogP contribution in [0.2, 0.25) is 0 Å². The van der Waals surface area contributed by atoms with Gasteiger partial charge < -0.3 is 15.1 Å². The zero-order chi connectivity index (χ0) is 23.6. The predicted molar refractivity (Wildman–Crippen MR) is 123 cm³/mol. The molecule has 1 aromatic carbocycles. The number of benzene rings is 1. The van der Waals surface area contributed by atoms with Crippen molar-refractivity contribution in [3.63, 3.8) is 0 Å². The lowest BCUT2D eigenvalue weighted by molar-refractivity contribution is -0.148. The number of carbonyl (C=O) groups excluding carboxylic acids is 1. The molecule has 32 heavy (non-hydrogen) atoms. The van der Waals surface area contributed by atoms with Crippen molar-refractivity contribution in [1.82, 2.24) is 4.90 Å². The number of aryl methyl sites for hydroxylation is 1. The van der Waals surface area contributed by atoms with Crippen molar-refractivity contribution in [2.24, 2.45) is 5.92 Å². The summed E-state index contributed by atoms with van der Waals surface area (Å²) < 4.78 is 28.1. The molecule has 1 fully saturated rings. The minimum Gasteiger partial charge on any atom is -0.481 e. The van der Waals surface area contributed by atoms with Crippen LogP contribution in [0.25, 0.3) is 0 Å². The van der Waals surface area contributed by atoms with Crippen LogP contribution in [0, 0.1) is 5.92 Å². The SMILES string of the molecule is C[C@@H](CCCc1ccccc1)[C@H](O)CC[C@H]1CC(F)(F)C(=O)N1CCSCCCC(=O)O. The summed E-state index contributed by atoms with van der Waals surface area (Å²) in [5, 5.41) is 19.2. The highest BCUT2D eigenvalue weighted by Crippen LogP contribution is 2.36. The Morgan fingerprint density at radius 3 is 2.62 bits per heavy atom. The number of nitrogens with zero attached hydrogens (tertiary/aromatic N) is 1. The Labute approximate surface area is 193 Å². The lowest BCUT2D eigenvalue weighted by Crippen LogP contribution is -2.38. The number of amides is 1. The van der Waals surface area contributed by atoms with Crippen LogP contribution in [-0.2, 0) is 16.0 Å². The summed E-state index contributed by atoms with van der Waals surface area (Å²) in [5.74, 6) is -4.14. The number of hydrogen-bond donors (Lipinski definition) is 2. The van der Waals surface area contributed by atoms with E-state index in [1.807, 2.05) is 25.1 Å². The van der Waals surface area contributed by atoms with Gasteiger partial charge in [-0.25, -0.2) is 0 Å². The van der Waals surface area contributed by atoms with E-state index in [1.54, 1.807) is 0 Å². The normalized spacial score (nSPS) is 19.8. The molecule has 180 valence electrons. The summed E-state index contributed by atoms with van der Waals surface area (Å²) in [7, 11) is 0. The van der Waals surface area contributed by atoms with Crippen LogP contribution in [0.5, 0.6) is 0 Å². The Bertz CT molecular complexity index is 719. The molecule has 0 aromatic heterocycles. The van der Waals surface area contributed by atoms with Gasteiger partial charge in [-0.1, -0.05) is 37.3 Å². The third-order valence-electron chi connectivity index (χ3n) is 6.08. The molecule has 5 nitrogen and oxygen atoms in total. The van der Waals surface area contributed by atoms with Crippen molar-refractivity contribution in [3.05, 3.63) is 35.9 Å². The van der Waals surface area contributed by atoms with E-state index in [4.69, 9.17) is 5.11 Å². The molecule has 3 atom stereocenters. The summed E-state index contributed by atoms with van der Waals surface area (Å²) in [4.78, 5) is 23.9.